The third-order valence-corrected chi connectivity index (χ3v) is 4.91. The van der Waals surface area contributed by atoms with E-state index < -0.39 is 13.0 Å². The number of hydrogen-bond acceptors (Lipinski definition) is 2. The van der Waals surface area contributed by atoms with Crippen molar-refractivity contribution in [2.75, 3.05) is 13.2 Å². The van der Waals surface area contributed by atoms with Gasteiger partial charge in [0, 0.05) is 17.2 Å². The number of hydrogen-bond donors (Lipinski definition) is 0. The predicted octanol–water partition coefficient (Wildman–Crippen LogP) is 5.03. The molecule has 1 aromatic carbocycles. The smallest absolute Gasteiger partial charge is 0.272 e. The molecule has 7 heteroatoms. The van der Waals surface area contributed by atoms with Crippen LogP contribution < -0.4 is 4.74 Å². The Bertz CT molecular complexity index is 870. The molecule has 1 heterocycles. The summed E-state index contributed by atoms with van der Waals surface area (Å²) < 4.78 is 29.5. The lowest BCUT2D eigenvalue weighted by Crippen LogP contribution is -2.30. The fourth-order valence-electron chi connectivity index (χ4n) is 2.86. The van der Waals surface area contributed by atoms with Crippen LogP contribution in [-0.2, 0) is 4.79 Å². The van der Waals surface area contributed by atoms with Crippen LogP contribution in [0.1, 0.15) is 18.5 Å². The lowest BCUT2D eigenvalue weighted by molar-refractivity contribution is -0.127. The molecule has 0 bridgehead atoms. The quantitative estimate of drug-likeness (QED) is 0.651. The number of nitrogens with zero attached hydrogens (tertiary/aromatic N) is 1. The number of allylic oxidation sites excluding steroid dienone is 1. The van der Waals surface area contributed by atoms with Crippen LogP contribution in [0.15, 0.2) is 58.3 Å². The second-order valence-corrected chi connectivity index (χ2v) is 6.70. The van der Waals surface area contributed by atoms with E-state index in [1.807, 2.05) is 6.92 Å². The largest absolute Gasteiger partial charge is 0.486 e. The van der Waals surface area contributed by atoms with Gasteiger partial charge in [-0.05, 0) is 42.8 Å². The minimum absolute atomic E-state index is 0.143. The monoisotopic (exact) mass is 397 g/mol. The van der Waals surface area contributed by atoms with Crippen molar-refractivity contribution in [3.05, 3.63) is 68.9 Å². The molecule has 0 saturated heterocycles. The summed E-state index contributed by atoms with van der Waals surface area (Å²) in [6, 6.07) is 4.58. The molecule has 2 aliphatic rings. The number of halogens is 4. The molecule has 3 rings (SSSR count). The molecule has 136 valence electrons. The van der Waals surface area contributed by atoms with Gasteiger partial charge in [0.2, 0.25) is 0 Å². The third-order valence-electron chi connectivity index (χ3n) is 4.26. The standard InChI is InChI=1S/C19H15Cl2F2NO2/c1-11(12-6-7-17(16(21)8-12)26-10-18(22)23)24-9-14-13(19(24)25)4-2-3-5-15(14)20/h3-8,11,18H,9-10H2,1H3. The molecule has 1 aliphatic heterocycles. The second-order valence-electron chi connectivity index (χ2n) is 5.89. The number of ether oxygens (including phenoxy) is 1. The molecule has 0 radical (unpaired) electrons. The topological polar surface area (TPSA) is 29.5 Å². The number of benzene rings is 1. The molecule has 0 aromatic heterocycles. The number of alkyl halides is 2. The summed E-state index contributed by atoms with van der Waals surface area (Å²) in [5, 5.41) is 0.731. The molecule has 26 heavy (non-hydrogen) atoms. The highest BCUT2D eigenvalue weighted by atomic mass is 35.5. The van der Waals surface area contributed by atoms with Crippen LogP contribution in [0.4, 0.5) is 8.78 Å². The van der Waals surface area contributed by atoms with Gasteiger partial charge in [-0.3, -0.25) is 4.79 Å². The molecule has 0 saturated carbocycles. The number of amides is 1. The van der Waals surface area contributed by atoms with Crippen LogP contribution in [-0.4, -0.2) is 30.4 Å². The van der Waals surface area contributed by atoms with Gasteiger partial charge in [-0.25, -0.2) is 8.78 Å². The van der Waals surface area contributed by atoms with E-state index in [0.717, 1.165) is 11.1 Å². The summed E-state index contributed by atoms with van der Waals surface area (Å²) in [7, 11) is 0. The highest BCUT2D eigenvalue weighted by Gasteiger charge is 2.34. The zero-order valence-corrected chi connectivity index (χ0v) is 15.3. The number of rotatable bonds is 5. The van der Waals surface area contributed by atoms with Crippen molar-refractivity contribution in [2.45, 2.75) is 19.4 Å². The first-order valence-corrected chi connectivity index (χ1v) is 8.67. The number of carbonyl (C=O) groups is 1. The van der Waals surface area contributed by atoms with Crippen LogP contribution >= 0.6 is 23.2 Å². The molecule has 0 fully saturated rings. The lowest BCUT2D eigenvalue weighted by atomic mass is 10.1. The Labute approximate surface area is 159 Å². The molecule has 0 spiro atoms. The maximum Gasteiger partial charge on any atom is 0.272 e. The van der Waals surface area contributed by atoms with Gasteiger partial charge in [-0.2, -0.15) is 0 Å². The summed E-state index contributed by atoms with van der Waals surface area (Å²) in [5.74, 6) is 0.0413. The number of carbonyl (C=O) groups excluding carboxylic acids is 1. The van der Waals surface area contributed by atoms with E-state index in [-0.39, 0.29) is 22.7 Å². The summed E-state index contributed by atoms with van der Waals surface area (Å²) in [6.45, 7) is 1.52. The van der Waals surface area contributed by atoms with Crippen molar-refractivity contribution in [2.24, 2.45) is 0 Å². The van der Waals surface area contributed by atoms with E-state index in [4.69, 9.17) is 27.9 Å². The molecular formula is C19H15Cl2F2NO2. The normalized spacial score (nSPS) is 17.5. The molecule has 3 nitrogen and oxygen atoms in total. The van der Waals surface area contributed by atoms with Crippen molar-refractivity contribution in [3.8, 4) is 5.75 Å². The van der Waals surface area contributed by atoms with E-state index in [1.54, 1.807) is 35.3 Å². The van der Waals surface area contributed by atoms with Crippen molar-refractivity contribution in [1.82, 2.24) is 4.90 Å². The van der Waals surface area contributed by atoms with Gasteiger partial charge in [0.05, 0.1) is 16.6 Å². The zero-order valence-electron chi connectivity index (χ0n) is 13.8. The third kappa shape index (κ3) is 3.70. The fraction of sp³-hybridized carbons (Fsp3) is 0.263. The predicted molar refractivity (Wildman–Crippen MR) is 96.7 cm³/mol. The Morgan fingerprint density at radius 3 is 2.81 bits per heavy atom. The average Bonchev–Trinajstić information content (AvgIpc) is 2.81. The van der Waals surface area contributed by atoms with E-state index in [2.05, 4.69) is 5.73 Å². The maximum atomic E-state index is 12.7. The van der Waals surface area contributed by atoms with Gasteiger partial charge in [0.1, 0.15) is 12.4 Å². The molecule has 0 N–H and O–H groups in total. The summed E-state index contributed by atoms with van der Waals surface area (Å²) >= 11 is 12.4. The molecule has 1 aromatic rings. The average molecular weight is 398 g/mol. The second kappa shape index (κ2) is 7.67. The van der Waals surface area contributed by atoms with Crippen molar-refractivity contribution in [3.63, 3.8) is 0 Å². The first-order valence-electron chi connectivity index (χ1n) is 7.91. The molecule has 1 unspecified atom stereocenters. The Morgan fingerprint density at radius 2 is 2.12 bits per heavy atom. The highest BCUT2D eigenvalue weighted by molar-refractivity contribution is 6.33. The molecule has 1 amide bonds. The minimum atomic E-state index is -2.58. The van der Waals surface area contributed by atoms with Crippen molar-refractivity contribution in [1.29, 1.82) is 0 Å². The van der Waals surface area contributed by atoms with Gasteiger partial charge < -0.3 is 9.64 Å². The van der Waals surface area contributed by atoms with Crippen molar-refractivity contribution < 1.29 is 18.3 Å². The Kier molecular flexibility index (Phi) is 5.52. The van der Waals surface area contributed by atoms with Crippen molar-refractivity contribution >= 4 is 29.1 Å². The Balaban J connectivity index is 1.80. The zero-order chi connectivity index (χ0) is 18.8. The molecule has 1 atom stereocenters. The van der Waals surface area contributed by atoms with Crippen LogP contribution in [0.3, 0.4) is 0 Å². The lowest BCUT2D eigenvalue weighted by Gasteiger charge is -2.26. The Hall–Kier alpha value is -2.07. The highest BCUT2D eigenvalue weighted by Crippen LogP contribution is 2.36. The summed E-state index contributed by atoms with van der Waals surface area (Å²) in [6.07, 6.45) is 2.42. The van der Waals surface area contributed by atoms with Crippen LogP contribution in [0.5, 0.6) is 5.75 Å². The van der Waals surface area contributed by atoms with Gasteiger partial charge in [0.15, 0.2) is 0 Å². The fourth-order valence-corrected chi connectivity index (χ4v) is 3.33. The minimum Gasteiger partial charge on any atom is -0.486 e. The van der Waals surface area contributed by atoms with Crippen LogP contribution in [0.25, 0.3) is 0 Å². The molecule has 1 aliphatic carbocycles. The van der Waals surface area contributed by atoms with Crippen LogP contribution in [0, 0.1) is 0 Å². The van der Waals surface area contributed by atoms with E-state index >= 15 is 0 Å². The Morgan fingerprint density at radius 1 is 1.35 bits per heavy atom. The SMILES string of the molecule is CC(c1ccc(OCC(F)F)c(Cl)c1)N1CC2=C(C=C=CC=C2Cl)C1=O. The first-order chi connectivity index (χ1) is 12.4. The summed E-state index contributed by atoms with van der Waals surface area (Å²) in [5.41, 5.74) is 4.95. The van der Waals surface area contributed by atoms with Gasteiger partial charge in [-0.1, -0.05) is 29.3 Å². The van der Waals surface area contributed by atoms with Gasteiger partial charge in [0.25, 0.3) is 12.3 Å². The van der Waals surface area contributed by atoms with Gasteiger partial charge >= 0.3 is 0 Å². The summed E-state index contributed by atoms with van der Waals surface area (Å²) in [4.78, 5) is 14.4. The van der Waals surface area contributed by atoms with Gasteiger partial charge in [-0.15, -0.1) is 5.73 Å². The first kappa shape index (κ1) is 18.7. The molecular weight excluding hydrogens is 383 g/mol. The van der Waals surface area contributed by atoms with E-state index in [1.165, 1.54) is 6.07 Å². The van der Waals surface area contributed by atoms with Crippen LogP contribution in [0.2, 0.25) is 5.02 Å². The maximum absolute atomic E-state index is 12.7. The van der Waals surface area contributed by atoms with E-state index in [9.17, 15) is 13.6 Å². The van der Waals surface area contributed by atoms with E-state index in [0.29, 0.717) is 17.2 Å².